The summed E-state index contributed by atoms with van der Waals surface area (Å²) in [6.45, 7) is 3.36. The van der Waals surface area contributed by atoms with Crippen LogP contribution >= 0.6 is 0 Å². The van der Waals surface area contributed by atoms with Gasteiger partial charge in [-0.05, 0) is 61.2 Å². The predicted octanol–water partition coefficient (Wildman–Crippen LogP) is 4.23. The van der Waals surface area contributed by atoms with Gasteiger partial charge in [-0.3, -0.25) is 9.67 Å². The topological polar surface area (TPSA) is 111 Å². The number of anilines is 1. The first-order valence-electron chi connectivity index (χ1n) is 12.6. The third-order valence-corrected chi connectivity index (χ3v) is 5.90. The molecule has 0 unspecified atom stereocenters. The normalized spacial score (nSPS) is 11.8. The van der Waals surface area contributed by atoms with Crippen molar-refractivity contribution in [3.05, 3.63) is 60.3 Å². The van der Waals surface area contributed by atoms with Gasteiger partial charge in [0.2, 0.25) is 0 Å². The maximum atomic E-state index is 12.7. The van der Waals surface area contributed by atoms with E-state index in [2.05, 4.69) is 35.8 Å². The van der Waals surface area contributed by atoms with Gasteiger partial charge in [-0.25, -0.2) is 0 Å². The molecular weight excluding hydrogens is 515 g/mol. The summed E-state index contributed by atoms with van der Waals surface area (Å²) in [4.78, 5) is 0. The molecule has 3 N–H and O–H groups in total. The van der Waals surface area contributed by atoms with Gasteiger partial charge in [0.25, 0.3) is 0 Å². The summed E-state index contributed by atoms with van der Waals surface area (Å²) in [5, 5.41) is 22.5. The molecule has 0 bridgehead atoms. The van der Waals surface area contributed by atoms with Crippen LogP contribution in [-0.4, -0.2) is 71.3 Å². The second-order valence-electron chi connectivity index (χ2n) is 8.89. The Labute approximate surface area is 223 Å². The van der Waals surface area contributed by atoms with E-state index in [1.165, 1.54) is 12.1 Å². The lowest BCUT2D eigenvalue weighted by Gasteiger charge is -2.13. The number of nitrogens with zero attached hydrogens (tertiary/aromatic N) is 4. The summed E-state index contributed by atoms with van der Waals surface area (Å²) < 4.78 is 54.8. The Kier molecular flexibility index (Phi) is 10.1. The summed E-state index contributed by atoms with van der Waals surface area (Å²) in [5.41, 5.74) is 4.22. The van der Waals surface area contributed by atoms with Crippen LogP contribution in [0, 0.1) is 0 Å². The fraction of sp³-hybridized carbons (Fsp3) is 0.423. The quantitative estimate of drug-likeness (QED) is 0.179. The zero-order valence-corrected chi connectivity index (χ0v) is 21.6. The van der Waals surface area contributed by atoms with Gasteiger partial charge in [0.15, 0.2) is 0 Å². The number of hydrogen-bond acceptors (Lipinski definition) is 8. The van der Waals surface area contributed by atoms with E-state index in [4.69, 9.17) is 9.47 Å². The number of fused-ring (bicyclic) bond motifs is 1. The number of aromatic nitrogens is 5. The number of halogens is 3. The minimum Gasteiger partial charge on any atom is -0.406 e. The number of nitrogens with one attached hydrogen (secondary N) is 3. The molecule has 4 aromatic rings. The van der Waals surface area contributed by atoms with E-state index in [1.807, 2.05) is 22.8 Å². The molecule has 210 valence electrons. The number of aromatic amines is 1. The molecule has 0 saturated carbocycles. The van der Waals surface area contributed by atoms with Gasteiger partial charge in [-0.2, -0.15) is 5.10 Å². The molecule has 0 aliphatic carbocycles. The number of methoxy groups -OCH3 is 1. The lowest BCUT2D eigenvalue weighted by Crippen LogP contribution is -2.19. The van der Waals surface area contributed by atoms with Crippen molar-refractivity contribution in [3.8, 4) is 11.4 Å². The molecule has 0 atom stereocenters. The molecule has 0 amide bonds. The molecule has 0 aliphatic rings. The molecule has 0 radical (unpaired) electrons. The molecule has 4 rings (SSSR count). The van der Waals surface area contributed by atoms with Gasteiger partial charge < -0.3 is 24.8 Å². The van der Waals surface area contributed by atoms with Crippen LogP contribution < -0.4 is 15.4 Å². The summed E-state index contributed by atoms with van der Waals surface area (Å²) in [6, 6.07) is 8.66. The van der Waals surface area contributed by atoms with Crippen LogP contribution in [0.4, 0.5) is 18.9 Å². The molecule has 0 aliphatic heterocycles. The van der Waals surface area contributed by atoms with Crippen molar-refractivity contribution in [3.63, 3.8) is 0 Å². The fourth-order valence-corrected chi connectivity index (χ4v) is 4.10. The Balaban J connectivity index is 1.14. The maximum Gasteiger partial charge on any atom is 0.573 e. The van der Waals surface area contributed by atoms with Crippen molar-refractivity contribution in [2.24, 2.45) is 0 Å². The molecule has 0 spiro atoms. The second-order valence-corrected chi connectivity index (χ2v) is 8.89. The van der Waals surface area contributed by atoms with E-state index in [-0.39, 0.29) is 5.75 Å². The van der Waals surface area contributed by atoms with Gasteiger partial charge in [0.05, 0.1) is 30.6 Å². The van der Waals surface area contributed by atoms with Crippen LogP contribution in [0.3, 0.4) is 0 Å². The molecule has 2 aromatic heterocycles. The van der Waals surface area contributed by atoms with E-state index in [0.717, 1.165) is 46.2 Å². The van der Waals surface area contributed by atoms with Gasteiger partial charge >= 0.3 is 6.36 Å². The molecule has 0 saturated heterocycles. The summed E-state index contributed by atoms with van der Waals surface area (Å²) in [7, 11) is 1.55. The van der Waals surface area contributed by atoms with Crippen molar-refractivity contribution < 1.29 is 27.4 Å². The number of H-pyrrole nitrogens is 1. The number of benzene rings is 2. The van der Waals surface area contributed by atoms with Crippen LogP contribution in [0.2, 0.25) is 0 Å². The van der Waals surface area contributed by atoms with Gasteiger partial charge in [-0.1, -0.05) is 6.07 Å². The highest BCUT2D eigenvalue weighted by molar-refractivity contribution is 5.93. The van der Waals surface area contributed by atoms with E-state index in [1.54, 1.807) is 26.0 Å². The third-order valence-electron chi connectivity index (χ3n) is 5.90. The molecule has 2 heterocycles. The average molecular weight is 548 g/mol. The Bertz CT molecular complexity index is 1300. The van der Waals surface area contributed by atoms with Crippen LogP contribution in [0.15, 0.2) is 49.2 Å². The molecule has 10 nitrogen and oxygen atoms in total. The molecule has 2 aromatic carbocycles. The van der Waals surface area contributed by atoms with Crippen LogP contribution in [0.1, 0.15) is 24.0 Å². The molecule has 39 heavy (non-hydrogen) atoms. The number of rotatable bonds is 16. The number of alkyl halides is 3. The third kappa shape index (κ3) is 8.94. The molecular formula is C26H32F3N7O3. The van der Waals surface area contributed by atoms with Crippen molar-refractivity contribution in [2.45, 2.75) is 32.2 Å². The standard InChI is InChI=1S/C26H32F3N7O3/c1-37-8-4-19-10-20(12-22(11-19)39-26(27,28)29)15-30-5-2-3-7-38-9-6-31-24-13-21(36-17-33-34-18-36)14-25-23(24)16-32-35-25/h10-14,16-18,30-31H,2-9,15H2,1H3,(H,32,35). The van der Waals surface area contributed by atoms with E-state index >= 15 is 0 Å². The number of unbranched alkanes of at least 4 members (excludes halogenated alkanes) is 1. The molecule has 0 fully saturated rings. The smallest absolute Gasteiger partial charge is 0.406 e. The Morgan fingerprint density at radius 3 is 2.56 bits per heavy atom. The Morgan fingerprint density at radius 2 is 1.77 bits per heavy atom. The monoisotopic (exact) mass is 547 g/mol. The molecule has 13 heteroatoms. The van der Waals surface area contributed by atoms with Crippen LogP contribution in [0.5, 0.6) is 5.75 Å². The van der Waals surface area contributed by atoms with Crippen molar-refractivity contribution in [2.75, 3.05) is 45.3 Å². The highest BCUT2D eigenvalue weighted by Gasteiger charge is 2.31. The second kappa shape index (κ2) is 13.9. The lowest BCUT2D eigenvalue weighted by molar-refractivity contribution is -0.274. The largest absolute Gasteiger partial charge is 0.573 e. The summed E-state index contributed by atoms with van der Waals surface area (Å²) >= 11 is 0. The number of ether oxygens (including phenoxy) is 3. The first-order valence-corrected chi connectivity index (χ1v) is 12.6. The highest BCUT2D eigenvalue weighted by atomic mass is 19.4. The first-order chi connectivity index (χ1) is 18.9. The van der Waals surface area contributed by atoms with Crippen molar-refractivity contribution in [1.29, 1.82) is 0 Å². The zero-order valence-electron chi connectivity index (χ0n) is 21.6. The van der Waals surface area contributed by atoms with Gasteiger partial charge in [0, 0.05) is 37.9 Å². The Morgan fingerprint density at radius 1 is 0.949 bits per heavy atom. The van der Waals surface area contributed by atoms with E-state index in [9.17, 15) is 13.2 Å². The summed E-state index contributed by atoms with van der Waals surface area (Å²) in [5.74, 6) is -0.214. The highest BCUT2D eigenvalue weighted by Crippen LogP contribution is 2.26. The van der Waals surface area contributed by atoms with E-state index < -0.39 is 6.36 Å². The fourth-order valence-electron chi connectivity index (χ4n) is 4.10. The Hall–Kier alpha value is -3.68. The van der Waals surface area contributed by atoms with Gasteiger partial charge in [-0.15, -0.1) is 23.4 Å². The van der Waals surface area contributed by atoms with Crippen LogP contribution in [0.25, 0.3) is 16.6 Å². The minimum absolute atomic E-state index is 0.214. The van der Waals surface area contributed by atoms with E-state index in [0.29, 0.717) is 45.9 Å². The predicted molar refractivity (Wildman–Crippen MR) is 140 cm³/mol. The first kappa shape index (κ1) is 28.3. The zero-order chi connectivity index (χ0) is 27.5. The number of hydrogen-bond donors (Lipinski definition) is 3. The van der Waals surface area contributed by atoms with Crippen molar-refractivity contribution in [1.82, 2.24) is 30.3 Å². The maximum absolute atomic E-state index is 12.7. The lowest BCUT2D eigenvalue weighted by atomic mass is 10.1. The minimum atomic E-state index is -4.73. The van der Waals surface area contributed by atoms with Gasteiger partial charge in [0.1, 0.15) is 18.4 Å². The van der Waals surface area contributed by atoms with Crippen molar-refractivity contribution >= 4 is 16.6 Å². The van der Waals surface area contributed by atoms with Crippen LogP contribution in [-0.2, 0) is 22.4 Å². The average Bonchev–Trinajstić information content (AvgIpc) is 3.60. The SMILES string of the molecule is COCCc1cc(CNCCCCOCCNc2cc(-n3cnnc3)cc3[nH]ncc23)cc(OC(F)(F)F)c1. The summed E-state index contributed by atoms with van der Waals surface area (Å²) in [6.07, 6.45) is 2.57.